The van der Waals surface area contributed by atoms with Crippen molar-refractivity contribution in [2.45, 2.75) is 50.0 Å². The van der Waals surface area contributed by atoms with Crippen LogP contribution in [0.25, 0.3) is 0 Å². The lowest BCUT2D eigenvalue weighted by atomic mass is 10.1. The van der Waals surface area contributed by atoms with Crippen molar-refractivity contribution in [3.63, 3.8) is 0 Å². The number of hydrogen-bond donors (Lipinski definition) is 1. The van der Waals surface area contributed by atoms with Gasteiger partial charge in [-0.2, -0.15) is 4.98 Å². The zero-order valence-corrected chi connectivity index (χ0v) is 9.46. The molecule has 94 valence electrons. The van der Waals surface area contributed by atoms with E-state index in [1.165, 1.54) is 0 Å². The van der Waals surface area contributed by atoms with Gasteiger partial charge in [-0.15, -0.1) is 0 Å². The molecule has 2 aliphatic rings. The molecule has 0 spiro atoms. The topological polar surface area (TPSA) is 51.0 Å². The summed E-state index contributed by atoms with van der Waals surface area (Å²) >= 11 is 0. The molecule has 1 N–H and O–H groups in total. The van der Waals surface area contributed by atoms with Gasteiger partial charge in [-0.25, -0.2) is 8.78 Å². The monoisotopic (exact) mass is 243 g/mol. The molecule has 2 fully saturated rings. The van der Waals surface area contributed by atoms with E-state index in [0.29, 0.717) is 18.1 Å². The van der Waals surface area contributed by atoms with E-state index in [2.05, 4.69) is 15.5 Å². The molecule has 1 aliphatic carbocycles. The number of rotatable bonds is 2. The van der Waals surface area contributed by atoms with E-state index in [0.717, 1.165) is 19.4 Å². The molecule has 1 aromatic heterocycles. The van der Waals surface area contributed by atoms with Gasteiger partial charge in [0.2, 0.25) is 11.8 Å². The number of halogens is 2. The fraction of sp³-hybridized carbons (Fsp3) is 0.818. The largest absolute Gasteiger partial charge is 0.339 e. The summed E-state index contributed by atoms with van der Waals surface area (Å²) < 4.78 is 31.3. The predicted molar refractivity (Wildman–Crippen MR) is 55.8 cm³/mol. The minimum atomic E-state index is -2.56. The van der Waals surface area contributed by atoms with Crippen LogP contribution in [0.3, 0.4) is 0 Å². The van der Waals surface area contributed by atoms with Crippen LogP contribution in [0.1, 0.15) is 55.8 Å². The van der Waals surface area contributed by atoms with Gasteiger partial charge < -0.3 is 9.84 Å². The van der Waals surface area contributed by atoms with E-state index in [-0.39, 0.29) is 24.8 Å². The Balaban J connectivity index is 1.72. The number of nitrogens with one attached hydrogen (secondary N) is 1. The van der Waals surface area contributed by atoms with Crippen molar-refractivity contribution in [2.24, 2.45) is 0 Å². The molecular weight excluding hydrogens is 228 g/mol. The van der Waals surface area contributed by atoms with Crippen LogP contribution in [0.4, 0.5) is 8.78 Å². The van der Waals surface area contributed by atoms with Gasteiger partial charge >= 0.3 is 0 Å². The second-order valence-corrected chi connectivity index (χ2v) is 4.94. The molecule has 17 heavy (non-hydrogen) atoms. The second-order valence-electron chi connectivity index (χ2n) is 4.94. The molecule has 4 nitrogen and oxygen atoms in total. The Kier molecular flexibility index (Phi) is 2.61. The average molecular weight is 243 g/mol. The van der Waals surface area contributed by atoms with Gasteiger partial charge in [-0.3, -0.25) is 0 Å². The van der Waals surface area contributed by atoms with Crippen molar-refractivity contribution in [2.75, 3.05) is 6.54 Å². The lowest BCUT2D eigenvalue weighted by Crippen LogP contribution is -2.14. The Hall–Kier alpha value is -1.04. The van der Waals surface area contributed by atoms with E-state index in [1.54, 1.807) is 0 Å². The number of nitrogens with zero attached hydrogens (tertiary/aromatic N) is 2. The van der Waals surface area contributed by atoms with Gasteiger partial charge in [0.1, 0.15) is 0 Å². The SMILES string of the molecule is FC1(F)CCC(c2nc(C3CCCN3)no2)C1. The van der Waals surface area contributed by atoms with E-state index in [1.807, 2.05) is 0 Å². The van der Waals surface area contributed by atoms with Gasteiger partial charge in [-0.1, -0.05) is 5.16 Å². The molecule has 2 unspecified atom stereocenters. The van der Waals surface area contributed by atoms with Crippen molar-refractivity contribution in [1.29, 1.82) is 0 Å². The maximum Gasteiger partial charge on any atom is 0.248 e. The molecule has 0 radical (unpaired) electrons. The molecular formula is C11H15F2N3O. The van der Waals surface area contributed by atoms with Crippen molar-refractivity contribution in [1.82, 2.24) is 15.5 Å². The van der Waals surface area contributed by atoms with Crippen LogP contribution in [-0.4, -0.2) is 22.6 Å². The molecule has 0 aromatic carbocycles. The lowest BCUT2D eigenvalue weighted by Gasteiger charge is -2.06. The van der Waals surface area contributed by atoms with Crippen LogP contribution >= 0.6 is 0 Å². The molecule has 1 saturated heterocycles. The third-order valence-electron chi connectivity index (χ3n) is 3.58. The van der Waals surface area contributed by atoms with Gasteiger partial charge in [0, 0.05) is 18.8 Å². The molecule has 2 heterocycles. The lowest BCUT2D eigenvalue weighted by molar-refractivity contribution is 0.00690. The zero-order chi connectivity index (χ0) is 11.9. The third-order valence-corrected chi connectivity index (χ3v) is 3.58. The molecule has 0 bridgehead atoms. The quantitative estimate of drug-likeness (QED) is 0.866. The summed E-state index contributed by atoms with van der Waals surface area (Å²) in [6.45, 7) is 0.954. The Morgan fingerprint density at radius 2 is 2.24 bits per heavy atom. The highest BCUT2D eigenvalue weighted by atomic mass is 19.3. The number of alkyl halides is 2. The van der Waals surface area contributed by atoms with E-state index in [4.69, 9.17) is 4.52 Å². The van der Waals surface area contributed by atoms with Crippen LogP contribution in [0.5, 0.6) is 0 Å². The summed E-state index contributed by atoms with van der Waals surface area (Å²) in [5.41, 5.74) is 0. The maximum atomic E-state index is 13.1. The first-order valence-electron chi connectivity index (χ1n) is 6.09. The highest BCUT2D eigenvalue weighted by Crippen LogP contribution is 2.43. The zero-order valence-electron chi connectivity index (χ0n) is 9.46. The van der Waals surface area contributed by atoms with Crippen molar-refractivity contribution >= 4 is 0 Å². The van der Waals surface area contributed by atoms with E-state index < -0.39 is 5.92 Å². The Morgan fingerprint density at radius 1 is 1.35 bits per heavy atom. The Bertz CT molecular complexity index is 401. The predicted octanol–water partition coefficient (Wildman–Crippen LogP) is 2.40. The minimum Gasteiger partial charge on any atom is -0.339 e. The van der Waals surface area contributed by atoms with Crippen LogP contribution in [0.15, 0.2) is 4.52 Å². The van der Waals surface area contributed by atoms with E-state index >= 15 is 0 Å². The summed E-state index contributed by atoms with van der Waals surface area (Å²) in [6, 6.07) is 0.134. The first kappa shape index (κ1) is 11.1. The summed E-state index contributed by atoms with van der Waals surface area (Å²) in [7, 11) is 0. The smallest absolute Gasteiger partial charge is 0.248 e. The molecule has 3 rings (SSSR count). The molecule has 0 amide bonds. The fourth-order valence-electron chi connectivity index (χ4n) is 2.62. The standard InChI is InChI=1S/C11H15F2N3O/c12-11(13)4-3-7(6-11)10-15-9(16-17-10)8-2-1-5-14-8/h7-8,14H,1-6H2. The van der Waals surface area contributed by atoms with Gasteiger partial charge in [0.15, 0.2) is 5.82 Å². The Labute approximate surface area is 97.8 Å². The van der Waals surface area contributed by atoms with Crippen LogP contribution in [0, 0.1) is 0 Å². The average Bonchev–Trinajstić information content (AvgIpc) is 2.93. The summed E-state index contributed by atoms with van der Waals surface area (Å²) in [6.07, 6.45) is 2.28. The number of aromatic nitrogens is 2. The molecule has 1 saturated carbocycles. The number of hydrogen-bond acceptors (Lipinski definition) is 4. The van der Waals surface area contributed by atoms with Crippen molar-refractivity contribution in [3.8, 4) is 0 Å². The third kappa shape index (κ3) is 2.18. The Morgan fingerprint density at radius 3 is 2.88 bits per heavy atom. The van der Waals surface area contributed by atoms with Crippen LogP contribution < -0.4 is 5.32 Å². The van der Waals surface area contributed by atoms with Crippen LogP contribution in [-0.2, 0) is 0 Å². The highest BCUT2D eigenvalue weighted by Gasteiger charge is 2.42. The first-order chi connectivity index (χ1) is 8.14. The fourth-order valence-corrected chi connectivity index (χ4v) is 2.62. The van der Waals surface area contributed by atoms with Crippen molar-refractivity contribution in [3.05, 3.63) is 11.7 Å². The summed E-state index contributed by atoms with van der Waals surface area (Å²) in [4.78, 5) is 4.27. The molecule has 1 aromatic rings. The maximum absolute atomic E-state index is 13.1. The second kappa shape index (κ2) is 4.01. The highest BCUT2D eigenvalue weighted by molar-refractivity contribution is 5.03. The summed E-state index contributed by atoms with van der Waals surface area (Å²) in [5.74, 6) is -1.84. The molecule has 2 atom stereocenters. The summed E-state index contributed by atoms with van der Waals surface area (Å²) in [5, 5.41) is 7.16. The van der Waals surface area contributed by atoms with E-state index in [9.17, 15) is 8.78 Å². The van der Waals surface area contributed by atoms with Crippen LogP contribution in [0.2, 0.25) is 0 Å². The van der Waals surface area contributed by atoms with Crippen molar-refractivity contribution < 1.29 is 13.3 Å². The normalized spacial score (nSPS) is 32.1. The van der Waals surface area contributed by atoms with Gasteiger partial charge in [0.05, 0.1) is 6.04 Å². The minimum absolute atomic E-state index is 0.0724. The molecule has 6 heteroatoms. The van der Waals surface area contributed by atoms with Gasteiger partial charge in [-0.05, 0) is 25.8 Å². The molecule has 1 aliphatic heterocycles. The van der Waals surface area contributed by atoms with Gasteiger partial charge in [0.25, 0.3) is 0 Å². The first-order valence-corrected chi connectivity index (χ1v) is 6.09.